The van der Waals surface area contributed by atoms with E-state index in [1.807, 2.05) is 0 Å². The zero-order chi connectivity index (χ0) is 17.5. The van der Waals surface area contributed by atoms with E-state index in [0.717, 1.165) is 18.4 Å². The summed E-state index contributed by atoms with van der Waals surface area (Å²) in [5.74, 6) is -5.71. The maximum absolute atomic E-state index is 14.0. The van der Waals surface area contributed by atoms with Crippen LogP contribution in [0.25, 0.3) is 0 Å². The Morgan fingerprint density at radius 2 is 1.70 bits per heavy atom. The monoisotopic (exact) mass is 337 g/mol. The Labute approximate surface area is 125 Å². The number of rotatable bonds is 4. The summed E-state index contributed by atoms with van der Waals surface area (Å²) in [6.07, 6.45) is -4.93. The zero-order valence-corrected chi connectivity index (χ0v) is 11.1. The summed E-state index contributed by atoms with van der Waals surface area (Å²) < 4.78 is 71.0. The first-order valence-electron chi connectivity index (χ1n) is 5.97. The second kappa shape index (κ2) is 5.30. The van der Waals surface area contributed by atoms with E-state index < -0.39 is 39.4 Å². The van der Waals surface area contributed by atoms with Crippen LogP contribution in [-0.4, -0.2) is 22.1 Å². The minimum atomic E-state index is -6.16. The summed E-state index contributed by atoms with van der Waals surface area (Å²) in [7, 11) is 0. The lowest BCUT2D eigenvalue weighted by Crippen LogP contribution is -2.55. The van der Waals surface area contributed by atoms with E-state index in [1.54, 1.807) is 0 Å². The van der Waals surface area contributed by atoms with Gasteiger partial charge in [0.15, 0.2) is 5.60 Å². The van der Waals surface area contributed by atoms with Gasteiger partial charge >= 0.3 is 12.1 Å². The number of furan rings is 1. The van der Waals surface area contributed by atoms with Crippen LogP contribution in [0.3, 0.4) is 0 Å². The Morgan fingerprint density at radius 1 is 1.09 bits per heavy atom. The first kappa shape index (κ1) is 16.9. The third-order valence-corrected chi connectivity index (χ3v) is 3.24. The molecular weight excluding hydrogens is 329 g/mol. The van der Waals surface area contributed by atoms with Gasteiger partial charge in [-0.15, -0.1) is 0 Å². The molecule has 2 aromatic rings. The van der Waals surface area contributed by atoms with E-state index in [4.69, 9.17) is 0 Å². The number of nitrogens with zero attached hydrogens (tertiary/aromatic N) is 1. The maximum atomic E-state index is 14.0. The Kier molecular flexibility index (Phi) is 3.89. The molecule has 0 bridgehead atoms. The number of para-hydroxylation sites is 1. The van der Waals surface area contributed by atoms with Crippen LogP contribution in [0.1, 0.15) is 11.1 Å². The molecule has 0 saturated carbocycles. The number of hydrogen-bond donors (Lipinski definition) is 1. The highest BCUT2D eigenvalue weighted by atomic mass is 19.4. The molecule has 1 N–H and O–H groups in total. The number of hydrogen-bond acceptors (Lipinski definition) is 4. The minimum absolute atomic E-state index is 0.469. The molecule has 1 atom stereocenters. The first-order valence-corrected chi connectivity index (χ1v) is 5.97. The smallest absolute Gasteiger partial charge is 0.457 e. The molecule has 0 radical (unpaired) electrons. The van der Waals surface area contributed by atoms with E-state index in [1.165, 1.54) is 0 Å². The summed E-state index contributed by atoms with van der Waals surface area (Å²) in [6, 6.07) is 4.09. The van der Waals surface area contributed by atoms with Gasteiger partial charge in [0.2, 0.25) is 0 Å². The average molecular weight is 337 g/mol. The molecule has 0 aliphatic rings. The van der Waals surface area contributed by atoms with Crippen molar-refractivity contribution < 1.29 is 36.4 Å². The number of aliphatic hydroxyl groups is 1. The molecule has 2 rings (SSSR count). The predicted octanol–water partition coefficient (Wildman–Crippen LogP) is 3.62. The highest BCUT2D eigenvalue weighted by Gasteiger charge is 2.72. The molecule has 0 aliphatic carbocycles. The van der Waals surface area contributed by atoms with E-state index in [0.29, 0.717) is 24.5 Å². The topological polar surface area (TPSA) is 76.5 Å². The van der Waals surface area contributed by atoms with E-state index in [9.17, 15) is 37.2 Å². The van der Waals surface area contributed by atoms with Crippen molar-refractivity contribution in [3.8, 4) is 0 Å². The van der Waals surface area contributed by atoms with Crippen LogP contribution < -0.4 is 0 Å². The second-order valence-electron chi connectivity index (χ2n) is 4.57. The molecule has 1 unspecified atom stereocenters. The maximum Gasteiger partial charge on any atom is 0.457 e. The van der Waals surface area contributed by atoms with Crippen LogP contribution >= 0.6 is 0 Å². The molecule has 0 fully saturated rings. The number of nitro benzene ring substituents is 1. The van der Waals surface area contributed by atoms with Crippen molar-refractivity contribution in [1.82, 2.24) is 0 Å². The lowest BCUT2D eigenvalue weighted by atomic mass is 9.81. The van der Waals surface area contributed by atoms with Crippen molar-refractivity contribution >= 4 is 5.69 Å². The van der Waals surface area contributed by atoms with E-state index >= 15 is 0 Å². The summed E-state index contributed by atoms with van der Waals surface area (Å²) >= 11 is 0. The van der Waals surface area contributed by atoms with Gasteiger partial charge in [-0.2, -0.15) is 22.0 Å². The fourth-order valence-corrected chi connectivity index (χ4v) is 2.12. The Hall–Kier alpha value is -2.49. The van der Waals surface area contributed by atoms with Gasteiger partial charge in [0, 0.05) is 11.6 Å². The molecule has 0 saturated heterocycles. The minimum Gasteiger partial charge on any atom is -0.472 e. The van der Waals surface area contributed by atoms with Crippen molar-refractivity contribution in [2.45, 2.75) is 17.7 Å². The van der Waals surface area contributed by atoms with Crippen molar-refractivity contribution in [3.05, 3.63) is 64.1 Å². The molecule has 0 amide bonds. The van der Waals surface area contributed by atoms with Gasteiger partial charge in [0.1, 0.15) is 0 Å². The number of nitro groups is 1. The van der Waals surface area contributed by atoms with Crippen LogP contribution in [0.5, 0.6) is 0 Å². The third kappa shape index (κ3) is 2.44. The molecule has 1 aromatic carbocycles. The van der Waals surface area contributed by atoms with Crippen LogP contribution in [0.15, 0.2) is 47.3 Å². The van der Waals surface area contributed by atoms with Gasteiger partial charge in [0.05, 0.1) is 23.0 Å². The normalized spacial score (nSPS) is 15.2. The van der Waals surface area contributed by atoms with Crippen LogP contribution in [0.2, 0.25) is 0 Å². The molecule has 0 spiro atoms. The Bertz CT molecular complexity index is 713. The van der Waals surface area contributed by atoms with Gasteiger partial charge in [-0.25, -0.2) is 0 Å². The van der Waals surface area contributed by atoms with Gasteiger partial charge in [-0.05, 0) is 12.1 Å². The molecule has 0 aliphatic heterocycles. The van der Waals surface area contributed by atoms with Crippen LogP contribution in [0.4, 0.5) is 27.6 Å². The lowest BCUT2D eigenvalue weighted by molar-refractivity contribution is -0.389. The number of benzene rings is 1. The molecular formula is C13H8F5NO4. The predicted molar refractivity (Wildman–Crippen MR) is 65.8 cm³/mol. The number of alkyl halides is 5. The van der Waals surface area contributed by atoms with Crippen molar-refractivity contribution in [3.63, 3.8) is 0 Å². The first-order chi connectivity index (χ1) is 10.5. The largest absolute Gasteiger partial charge is 0.472 e. The SMILES string of the molecule is O=[N+]([O-])c1ccccc1C(O)(c1ccoc1)C(F)(F)C(F)(F)F. The Balaban J connectivity index is 2.84. The summed E-state index contributed by atoms with van der Waals surface area (Å²) in [4.78, 5) is 9.80. The zero-order valence-electron chi connectivity index (χ0n) is 11.1. The van der Waals surface area contributed by atoms with Gasteiger partial charge in [0.25, 0.3) is 5.69 Å². The third-order valence-electron chi connectivity index (χ3n) is 3.24. The Morgan fingerprint density at radius 3 is 2.17 bits per heavy atom. The molecule has 1 heterocycles. The van der Waals surface area contributed by atoms with Crippen molar-refractivity contribution in [2.24, 2.45) is 0 Å². The molecule has 124 valence electrons. The molecule has 1 aromatic heterocycles. The molecule has 10 heteroatoms. The van der Waals surface area contributed by atoms with Gasteiger partial charge < -0.3 is 9.52 Å². The highest BCUT2D eigenvalue weighted by molar-refractivity contribution is 5.50. The van der Waals surface area contributed by atoms with E-state index in [2.05, 4.69) is 4.42 Å². The average Bonchev–Trinajstić information content (AvgIpc) is 2.99. The van der Waals surface area contributed by atoms with Crippen LogP contribution in [0, 0.1) is 10.1 Å². The summed E-state index contributed by atoms with van der Waals surface area (Å²) in [6.45, 7) is 0. The van der Waals surface area contributed by atoms with Crippen molar-refractivity contribution in [2.75, 3.05) is 0 Å². The summed E-state index contributed by atoms with van der Waals surface area (Å²) in [5, 5.41) is 21.3. The second-order valence-corrected chi connectivity index (χ2v) is 4.57. The van der Waals surface area contributed by atoms with Gasteiger partial charge in [-0.3, -0.25) is 10.1 Å². The van der Waals surface area contributed by atoms with Crippen molar-refractivity contribution in [1.29, 1.82) is 0 Å². The van der Waals surface area contributed by atoms with Crippen LogP contribution in [-0.2, 0) is 5.60 Å². The quantitative estimate of drug-likeness (QED) is 0.525. The highest BCUT2D eigenvalue weighted by Crippen LogP contribution is 2.53. The van der Waals surface area contributed by atoms with E-state index in [-0.39, 0.29) is 0 Å². The van der Waals surface area contributed by atoms with Gasteiger partial charge in [-0.1, -0.05) is 12.1 Å². The standard InChI is InChI=1S/C13H8F5NO4/c14-12(15,13(16,17)18)11(20,8-5-6-23-7-8)9-3-1-2-4-10(9)19(21)22/h1-7,20H. The fourth-order valence-electron chi connectivity index (χ4n) is 2.12. The molecule has 5 nitrogen and oxygen atoms in total. The number of halogens is 5. The summed E-state index contributed by atoms with van der Waals surface area (Å²) in [5.41, 5.74) is -7.27. The fraction of sp³-hybridized carbons (Fsp3) is 0.231. The lowest BCUT2D eigenvalue weighted by Gasteiger charge is -2.36. The molecule has 23 heavy (non-hydrogen) atoms.